The van der Waals surface area contributed by atoms with Crippen molar-refractivity contribution >= 4 is 12.3 Å². The van der Waals surface area contributed by atoms with E-state index in [1.807, 2.05) is 32.4 Å². The summed E-state index contributed by atoms with van der Waals surface area (Å²) in [6, 6.07) is 0. The summed E-state index contributed by atoms with van der Waals surface area (Å²) in [4.78, 5) is 14.0. The summed E-state index contributed by atoms with van der Waals surface area (Å²) in [6.07, 6.45) is 4.25. The van der Waals surface area contributed by atoms with E-state index < -0.39 is 5.60 Å². The van der Waals surface area contributed by atoms with Crippen LogP contribution in [-0.2, 0) is 24.2 Å². The highest BCUT2D eigenvalue weighted by Gasteiger charge is 2.29. The SMILES string of the molecule is CCC#CCCCn1nc2c(c1/C=N/O)CN(C(=O)OC(C)(C)C)CC2. The molecule has 1 aromatic rings. The molecule has 0 radical (unpaired) electrons. The van der Waals surface area contributed by atoms with E-state index in [1.54, 1.807) is 4.90 Å². The average molecular weight is 360 g/mol. The summed E-state index contributed by atoms with van der Waals surface area (Å²) in [7, 11) is 0. The maximum atomic E-state index is 12.4. The third-order valence-corrected chi connectivity index (χ3v) is 3.95. The van der Waals surface area contributed by atoms with E-state index in [2.05, 4.69) is 22.1 Å². The number of hydrogen-bond acceptors (Lipinski definition) is 5. The van der Waals surface area contributed by atoms with Crippen molar-refractivity contribution in [1.29, 1.82) is 0 Å². The summed E-state index contributed by atoms with van der Waals surface area (Å²) in [5.74, 6) is 6.17. The summed E-state index contributed by atoms with van der Waals surface area (Å²) in [6.45, 7) is 9.24. The first-order chi connectivity index (χ1) is 12.4. The first-order valence-electron chi connectivity index (χ1n) is 9.05. The minimum atomic E-state index is -0.531. The van der Waals surface area contributed by atoms with E-state index in [0.717, 1.165) is 36.2 Å². The molecule has 1 aliphatic rings. The predicted octanol–water partition coefficient (Wildman–Crippen LogP) is 3.18. The molecule has 7 nitrogen and oxygen atoms in total. The Bertz CT molecular complexity index is 720. The van der Waals surface area contributed by atoms with Gasteiger partial charge in [0.2, 0.25) is 0 Å². The van der Waals surface area contributed by atoms with Gasteiger partial charge in [-0.1, -0.05) is 12.1 Å². The lowest BCUT2D eigenvalue weighted by atomic mass is 10.1. The van der Waals surface area contributed by atoms with Crippen molar-refractivity contribution in [2.75, 3.05) is 6.54 Å². The summed E-state index contributed by atoms with van der Waals surface area (Å²) < 4.78 is 7.31. The standard InChI is InChI=1S/C19H28N4O3/c1-5-6-7-8-9-11-23-17(13-20-25)15-14-22(12-10-16(15)21-23)18(24)26-19(2,3)4/h13,25H,5,8-12,14H2,1-4H3/b20-13+. The van der Waals surface area contributed by atoms with Crippen LogP contribution in [0.15, 0.2) is 5.16 Å². The molecule has 1 aromatic heterocycles. The Kier molecular flexibility index (Phi) is 6.67. The molecule has 0 saturated carbocycles. The van der Waals surface area contributed by atoms with Crippen LogP contribution in [0, 0.1) is 11.8 Å². The molecule has 0 bridgehead atoms. The molecule has 1 aliphatic heterocycles. The Morgan fingerprint density at radius 1 is 1.42 bits per heavy atom. The van der Waals surface area contributed by atoms with E-state index >= 15 is 0 Å². The fourth-order valence-corrected chi connectivity index (χ4v) is 2.83. The summed E-state index contributed by atoms with van der Waals surface area (Å²) >= 11 is 0. The maximum absolute atomic E-state index is 12.4. The largest absolute Gasteiger partial charge is 0.444 e. The number of fused-ring (bicyclic) bond motifs is 1. The van der Waals surface area contributed by atoms with Crippen LogP contribution in [0.2, 0.25) is 0 Å². The normalized spacial score (nSPS) is 14.1. The molecule has 0 unspecified atom stereocenters. The zero-order valence-corrected chi connectivity index (χ0v) is 16.1. The fraction of sp³-hybridized carbons (Fsp3) is 0.632. The lowest BCUT2D eigenvalue weighted by molar-refractivity contribution is 0.0223. The van der Waals surface area contributed by atoms with E-state index in [4.69, 9.17) is 9.94 Å². The zero-order valence-electron chi connectivity index (χ0n) is 16.1. The molecule has 142 valence electrons. The van der Waals surface area contributed by atoms with Gasteiger partial charge in [0.1, 0.15) is 5.60 Å². The molecular weight excluding hydrogens is 332 g/mol. The molecule has 0 fully saturated rings. The molecule has 0 aliphatic carbocycles. The van der Waals surface area contributed by atoms with Crippen LogP contribution in [0.4, 0.5) is 4.79 Å². The molecule has 0 spiro atoms. The Labute approximate surface area is 155 Å². The van der Waals surface area contributed by atoms with Crippen LogP contribution in [-0.4, -0.2) is 44.3 Å². The van der Waals surface area contributed by atoms with Gasteiger partial charge in [0.05, 0.1) is 24.1 Å². The van der Waals surface area contributed by atoms with E-state index in [1.165, 1.54) is 6.21 Å². The second kappa shape index (κ2) is 8.75. The molecule has 2 heterocycles. The summed E-state index contributed by atoms with van der Waals surface area (Å²) in [5.41, 5.74) is 2.06. The number of ether oxygens (including phenoxy) is 1. The van der Waals surface area contributed by atoms with Gasteiger partial charge >= 0.3 is 6.09 Å². The van der Waals surface area contributed by atoms with Gasteiger partial charge in [-0.05, 0) is 27.2 Å². The van der Waals surface area contributed by atoms with Crippen LogP contribution in [0.1, 0.15) is 63.9 Å². The number of aromatic nitrogens is 2. The van der Waals surface area contributed by atoms with Crippen molar-refractivity contribution in [3.05, 3.63) is 17.0 Å². The Balaban J connectivity index is 2.13. The lowest BCUT2D eigenvalue weighted by Gasteiger charge is -2.29. The molecule has 1 amide bonds. The smallest absolute Gasteiger partial charge is 0.410 e. The first-order valence-corrected chi connectivity index (χ1v) is 9.05. The number of amides is 1. The van der Waals surface area contributed by atoms with Gasteiger partial charge in [-0.2, -0.15) is 5.10 Å². The Hall–Kier alpha value is -2.49. The van der Waals surface area contributed by atoms with Crippen LogP contribution < -0.4 is 0 Å². The highest BCUT2D eigenvalue weighted by molar-refractivity contribution is 5.80. The van der Waals surface area contributed by atoms with Crippen LogP contribution in [0.3, 0.4) is 0 Å². The van der Waals surface area contributed by atoms with Gasteiger partial charge in [-0.15, -0.1) is 11.8 Å². The van der Waals surface area contributed by atoms with Gasteiger partial charge in [0.25, 0.3) is 0 Å². The van der Waals surface area contributed by atoms with Gasteiger partial charge in [-0.25, -0.2) is 4.79 Å². The van der Waals surface area contributed by atoms with Crippen molar-refractivity contribution in [2.24, 2.45) is 5.16 Å². The number of aryl methyl sites for hydroxylation is 1. The number of rotatable bonds is 4. The summed E-state index contributed by atoms with van der Waals surface area (Å²) in [5, 5.41) is 16.9. The molecule has 0 atom stereocenters. The van der Waals surface area contributed by atoms with Crippen molar-refractivity contribution in [3.8, 4) is 11.8 Å². The molecule has 0 saturated heterocycles. The quantitative estimate of drug-likeness (QED) is 0.294. The first kappa shape index (κ1) is 19.8. The molecule has 7 heteroatoms. The number of carbonyl (C=O) groups is 1. The Morgan fingerprint density at radius 2 is 2.19 bits per heavy atom. The third kappa shape index (κ3) is 5.25. The second-order valence-electron chi connectivity index (χ2n) is 7.24. The molecule has 0 aromatic carbocycles. The Morgan fingerprint density at radius 3 is 2.85 bits per heavy atom. The number of carbonyl (C=O) groups excluding carboxylic acids is 1. The topological polar surface area (TPSA) is 80.0 Å². The van der Waals surface area contributed by atoms with Gasteiger partial charge in [0.15, 0.2) is 0 Å². The monoisotopic (exact) mass is 360 g/mol. The number of oxime groups is 1. The fourth-order valence-electron chi connectivity index (χ4n) is 2.83. The van der Waals surface area contributed by atoms with Crippen LogP contribution >= 0.6 is 0 Å². The van der Waals surface area contributed by atoms with E-state index in [0.29, 0.717) is 26.1 Å². The van der Waals surface area contributed by atoms with Crippen molar-refractivity contribution in [2.45, 2.75) is 72.1 Å². The van der Waals surface area contributed by atoms with E-state index in [9.17, 15) is 4.79 Å². The third-order valence-electron chi connectivity index (χ3n) is 3.95. The van der Waals surface area contributed by atoms with Gasteiger partial charge in [0, 0.05) is 37.9 Å². The predicted molar refractivity (Wildman–Crippen MR) is 99.3 cm³/mol. The lowest BCUT2D eigenvalue weighted by Crippen LogP contribution is -2.40. The number of hydrogen-bond donors (Lipinski definition) is 1. The van der Waals surface area contributed by atoms with Crippen molar-refractivity contribution < 1.29 is 14.7 Å². The second-order valence-corrected chi connectivity index (χ2v) is 7.24. The van der Waals surface area contributed by atoms with Crippen molar-refractivity contribution in [1.82, 2.24) is 14.7 Å². The molecule has 1 N–H and O–H groups in total. The molecule has 26 heavy (non-hydrogen) atoms. The number of nitrogens with zero attached hydrogens (tertiary/aromatic N) is 4. The highest BCUT2D eigenvalue weighted by atomic mass is 16.6. The zero-order chi connectivity index (χ0) is 19.2. The van der Waals surface area contributed by atoms with Gasteiger partial charge in [-0.3, -0.25) is 4.68 Å². The minimum absolute atomic E-state index is 0.336. The van der Waals surface area contributed by atoms with Crippen LogP contribution in [0.5, 0.6) is 0 Å². The molecule has 2 rings (SSSR count). The molecular formula is C19H28N4O3. The maximum Gasteiger partial charge on any atom is 0.410 e. The van der Waals surface area contributed by atoms with Crippen molar-refractivity contribution in [3.63, 3.8) is 0 Å². The van der Waals surface area contributed by atoms with E-state index in [-0.39, 0.29) is 6.09 Å². The minimum Gasteiger partial charge on any atom is -0.444 e. The number of unbranched alkanes of at least 4 members (excludes halogenated alkanes) is 1. The average Bonchev–Trinajstić information content (AvgIpc) is 2.90. The van der Waals surface area contributed by atoms with Gasteiger partial charge < -0.3 is 14.8 Å². The highest BCUT2D eigenvalue weighted by Crippen LogP contribution is 2.23. The van der Waals surface area contributed by atoms with Crippen LogP contribution in [0.25, 0.3) is 0 Å².